The van der Waals surface area contributed by atoms with Gasteiger partial charge in [0.1, 0.15) is 6.04 Å². The molecule has 1 N–H and O–H groups in total. The Kier molecular flexibility index (Phi) is 4.55. The van der Waals surface area contributed by atoms with E-state index in [9.17, 15) is 4.79 Å². The molecule has 120 valence electrons. The minimum atomic E-state index is -0.690. The van der Waals surface area contributed by atoms with Crippen molar-refractivity contribution in [2.45, 2.75) is 70.4 Å². The topological polar surface area (TPSA) is 43.8 Å². The summed E-state index contributed by atoms with van der Waals surface area (Å²) in [5, 5.41) is 9.11. The highest BCUT2D eigenvalue weighted by atomic mass is 16.4. The molecule has 0 bridgehead atoms. The first-order valence-corrected chi connectivity index (χ1v) is 8.81. The Balaban J connectivity index is 1.46. The maximum Gasteiger partial charge on any atom is 0.320 e. The van der Waals surface area contributed by atoms with Gasteiger partial charge >= 0.3 is 5.97 Å². The van der Waals surface area contributed by atoms with Gasteiger partial charge in [-0.3, -0.25) is 14.6 Å². The fraction of sp³-hybridized carbons (Fsp3) is 0.941. The van der Waals surface area contributed by atoms with E-state index in [1.807, 2.05) is 6.92 Å². The van der Waals surface area contributed by atoms with Crippen LogP contribution in [-0.2, 0) is 4.79 Å². The molecule has 1 heterocycles. The lowest BCUT2D eigenvalue weighted by Crippen LogP contribution is -2.54. The second-order valence-corrected chi connectivity index (χ2v) is 7.52. The molecule has 0 aromatic heterocycles. The predicted molar refractivity (Wildman–Crippen MR) is 83.4 cm³/mol. The average molecular weight is 294 g/mol. The molecule has 1 atom stereocenters. The Morgan fingerprint density at radius 1 is 1.05 bits per heavy atom. The highest BCUT2D eigenvalue weighted by molar-refractivity contribution is 5.72. The molecule has 0 amide bonds. The Bertz CT molecular complexity index is 361. The molecule has 1 aliphatic heterocycles. The van der Waals surface area contributed by atoms with Crippen LogP contribution in [0, 0.1) is 5.41 Å². The fourth-order valence-electron chi connectivity index (χ4n) is 4.85. The molecule has 1 spiro atoms. The van der Waals surface area contributed by atoms with Gasteiger partial charge in [0.15, 0.2) is 0 Å². The number of rotatable bonds is 3. The van der Waals surface area contributed by atoms with E-state index in [4.69, 9.17) is 5.11 Å². The highest BCUT2D eigenvalue weighted by Gasteiger charge is 2.39. The molecule has 3 aliphatic rings. The number of piperazine rings is 1. The SMILES string of the molecule is CC(C(=O)O)N1CCN(C2CCC3(CCCC3)CC2)CC1. The molecule has 2 saturated carbocycles. The zero-order valence-corrected chi connectivity index (χ0v) is 13.4. The van der Waals surface area contributed by atoms with Gasteiger partial charge in [-0.1, -0.05) is 12.8 Å². The van der Waals surface area contributed by atoms with Crippen LogP contribution in [0.5, 0.6) is 0 Å². The molecular formula is C17H30N2O2. The maximum absolute atomic E-state index is 11.1. The monoisotopic (exact) mass is 294 g/mol. The van der Waals surface area contributed by atoms with E-state index in [1.165, 1.54) is 51.4 Å². The van der Waals surface area contributed by atoms with Crippen LogP contribution in [0.25, 0.3) is 0 Å². The lowest BCUT2D eigenvalue weighted by atomic mass is 9.71. The van der Waals surface area contributed by atoms with Crippen LogP contribution in [0.4, 0.5) is 0 Å². The Hall–Kier alpha value is -0.610. The minimum absolute atomic E-state index is 0.333. The van der Waals surface area contributed by atoms with Crippen molar-refractivity contribution >= 4 is 5.97 Å². The van der Waals surface area contributed by atoms with Crippen LogP contribution in [0.1, 0.15) is 58.3 Å². The molecule has 0 aromatic carbocycles. The summed E-state index contributed by atoms with van der Waals surface area (Å²) in [6.07, 6.45) is 11.5. The lowest BCUT2D eigenvalue weighted by molar-refractivity contribution is -0.143. The number of hydrogen-bond donors (Lipinski definition) is 1. The summed E-state index contributed by atoms with van der Waals surface area (Å²) in [6, 6.07) is 0.429. The van der Waals surface area contributed by atoms with Gasteiger partial charge in [-0.25, -0.2) is 0 Å². The van der Waals surface area contributed by atoms with Crippen molar-refractivity contribution in [1.82, 2.24) is 9.80 Å². The van der Waals surface area contributed by atoms with Crippen LogP contribution in [0.15, 0.2) is 0 Å². The van der Waals surface area contributed by atoms with Gasteiger partial charge in [0.2, 0.25) is 0 Å². The molecule has 1 unspecified atom stereocenters. The molecule has 4 nitrogen and oxygen atoms in total. The van der Waals surface area contributed by atoms with Gasteiger partial charge in [0.05, 0.1) is 0 Å². The Morgan fingerprint density at radius 2 is 1.62 bits per heavy atom. The van der Waals surface area contributed by atoms with Crippen molar-refractivity contribution in [3.63, 3.8) is 0 Å². The summed E-state index contributed by atoms with van der Waals surface area (Å²) in [4.78, 5) is 15.8. The largest absolute Gasteiger partial charge is 0.480 e. The van der Waals surface area contributed by atoms with Crippen molar-refractivity contribution in [2.75, 3.05) is 26.2 Å². The van der Waals surface area contributed by atoms with Gasteiger partial charge < -0.3 is 5.11 Å². The molecule has 1 saturated heterocycles. The summed E-state index contributed by atoms with van der Waals surface area (Å²) >= 11 is 0. The summed E-state index contributed by atoms with van der Waals surface area (Å²) in [7, 11) is 0. The van der Waals surface area contributed by atoms with Crippen LogP contribution in [-0.4, -0.2) is 59.1 Å². The van der Waals surface area contributed by atoms with Crippen molar-refractivity contribution in [2.24, 2.45) is 5.41 Å². The number of carboxylic acid groups (broad SMARTS) is 1. The van der Waals surface area contributed by atoms with E-state index < -0.39 is 5.97 Å². The molecule has 21 heavy (non-hydrogen) atoms. The molecule has 2 aliphatic carbocycles. The quantitative estimate of drug-likeness (QED) is 0.869. The number of carboxylic acids is 1. The predicted octanol–water partition coefficient (Wildman–Crippen LogP) is 2.58. The van der Waals surface area contributed by atoms with Crippen LogP contribution in [0.3, 0.4) is 0 Å². The van der Waals surface area contributed by atoms with Crippen LogP contribution >= 0.6 is 0 Å². The molecule has 3 fully saturated rings. The highest BCUT2D eigenvalue weighted by Crippen LogP contribution is 2.49. The Labute approximate surface area is 128 Å². The fourth-order valence-corrected chi connectivity index (χ4v) is 4.85. The van der Waals surface area contributed by atoms with Crippen molar-refractivity contribution < 1.29 is 9.90 Å². The first-order chi connectivity index (χ1) is 10.1. The minimum Gasteiger partial charge on any atom is -0.480 e. The van der Waals surface area contributed by atoms with E-state index in [1.54, 1.807) is 0 Å². The summed E-state index contributed by atoms with van der Waals surface area (Å²) in [5.74, 6) is -0.690. The second kappa shape index (κ2) is 6.25. The number of carbonyl (C=O) groups is 1. The van der Waals surface area contributed by atoms with E-state index in [2.05, 4.69) is 9.80 Å². The molecular weight excluding hydrogens is 264 g/mol. The number of nitrogens with zero attached hydrogens (tertiary/aromatic N) is 2. The molecule has 4 heteroatoms. The zero-order valence-electron chi connectivity index (χ0n) is 13.4. The van der Waals surface area contributed by atoms with Crippen molar-refractivity contribution in [3.05, 3.63) is 0 Å². The molecule has 3 rings (SSSR count). The van der Waals surface area contributed by atoms with Crippen molar-refractivity contribution in [3.8, 4) is 0 Å². The third-order valence-electron chi connectivity index (χ3n) is 6.45. The first-order valence-electron chi connectivity index (χ1n) is 8.81. The maximum atomic E-state index is 11.1. The lowest BCUT2D eigenvalue weighted by Gasteiger charge is -2.45. The van der Waals surface area contributed by atoms with E-state index in [0.29, 0.717) is 0 Å². The normalized spacial score (nSPS) is 29.8. The van der Waals surface area contributed by atoms with Gasteiger partial charge in [-0.2, -0.15) is 0 Å². The van der Waals surface area contributed by atoms with Crippen LogP contribution < -0.4 is 0 Å². The van der Waals surface area contributed by atoms with E-state index >= 15 is 0 Å². The van der Waals surface area contributed by atoms with E-state index in [-0.39, 0.29) is 6.04 Å². The van der Waals surface area contributed by atoms with Gasteiger partial charge in [-0.15, -0.1) is 0 Å². The van der Waals surface area contributed by atoms with E-state index in [0.717, 1.165) is 37.6 Å². The van der Waals surface area contributed by atoms with Gasteiger partial charge in [0, 0.05) is 32.2 Å². The second-order valence-electron chi connectivity index (χ2n) is 7.52. The summed E-state index contributed by atoms with van der Waals surface area (Å²) < 4.78 is 0. The zero-order chi connectivity index (χ0) is 14.9. The summed E-state index contributed by atoms with van der Waals surface area (Å²) in [5.41, 5.74) is 0.718. The summed E-state index contributed by atoms with van der Waals surface area (Å²) in [6.45, 7) is 5.73. The standard InChI is InChI=1S/C17H30N2O2/c1-14(16(20)21)18-10-12-19(13-11-18)15-4-8-17(9-5-15)6-2-3-7-17/h14-15H,2-13H2,1H3,(H,20,21). The van der Waals surface area contributed by atoms with Crippen LogP contribution in [0.2, 0.25) is 0 Å². The smallest absolute Gasteiger partial charge is 0.320 e. The first kappa shape index (κ1) is 15.3. The third-order valence-corrected chi connectivity index (χ3v) is 6.45. The molecule has 0 radical (unpaired) electrons. The third kappa shape index (κ3) is 3.26. The van der Waals surface area contributed by atoms with Gasteiger partial charge in [-0.05, 0) is 50.9 Å². The number of hydrogen-bond acceptors (Lipinski definition) is 3. The Morgan fingerprint density at radius 3 is 2.14 bits per heavy atom. The molecule has 0 aromatic rings. The van der Waals surface area contributed by atoms with Crippen molar-refractivity contribution in [1.29, 1.82) is 0 Å². The number of aliphatic carboxylic acids is 1. The van der Waals surface area contributed by atoms with Gasteiger partial charge in [0.25, 0.3) is 0 Å². The average Bonchev–Trinajstić information content (AvgIpc) is 2.96.